The van der Waals surface area contributed by atoms with Crippen LogP contribution in [-0.4, -0.2) is 29.8 Å². The van der Waals surface area contributed by atoms with Crippen LogP contribution in [0.2, 0.25) is 0 Å². The summed E-state index contributed by atoms with van der Waals surface area (Å²) in [6, 6.07) is 9.18. The Morgan fingerprint density at radius 2 is 2.00 bits per heavy atom. The van der Waals surface area contributed by atoms with Crippen molar-refractivity contribution >= 4 is 11.4 Å². The zero-order chi connectivity index (χ0) is 12.5. The van der Waals surface area contributed by atoms with E-state index in [2.05, 4.69) is 41.4 Å². The Morgan fingerprint density at radius 3 is 2.83 bits per heavy atom. The van der Waals surface area contributed by atoms with E-state index in [-0.39, 0.29) is 12.1 Å². The Morgan fingerprint density at radius 1 is 1.22 bits per heavy atom. The third-order valence-electron chi connectivity index (χ3n) is 4.30. The van der Waals surface area contributed by atoms with Gasteiger partial charge in [-0.2, -0.15) is 0 Å². The second kappa shape index (κ2) is 4.81. The molecule has 1 aromatic carbocycles. The van der Waals surface area contributed by atoms with Crippen LogP contribution in [0.15, 0.2) is 24.3 Å². The number of hydrogen-bond donors (Lipinski definition) is 2. The molecule has 1 aliphatic carbocycles. The smallest absolute Gasteiger partial charge is 0.0743 e. The van der Waals surface area contributed by atoms with Crippen molar-refractivity contribution in [3.8, 4) is 0 Å². The zero-order valence-corrected chi connectivity index (χ0v) is 11.0. The van der Waals surface area contributed by atoms with E-state index in [4.69, 9.17) is 0 Å². The first-order chi connectivity index (χ1) is 8.77. The molecule has 0 radical (unpaired) electrons. The van der Waals surface area contributed by atoms with Gasteiger partial charge in [0.2, 0.25) is 0 Å². The number of nitrogens with zero attached hydrogens (tertiary/aromatic N) is 1. The molecule has 18 heavy (non-hydrogen) atoms. The normalized spacial score (nSPS) is 31.7. The number of fused-ring (bicyclic) bond motifs is 1. The van der Waals surface area contributed by atoms with Crippen molar-refractivity contribution < 1.29 is 5.11 Å². The van der Waals surface area contributed by atoms with Crippen LogP contribution in [0.5, 0.6) is 0 Å². The molecule has 3 heteroatoms. The topological polar surface area (TPSA) is 35.5 Å². The van der Waals surface area contributed by atoms with Crippen molar-refractivity contribution in [1.82, 2.24) is 0 Å². The fourth-order valence-electron chi connectivity index (χ4n) is 3.36. The third-order valence-corrected chi connectivity index (χ3v) is 4.30. The first-order valence-electron chi connectivity index (χ1n) is 7.06. The van der Waals surface area contributed by atoms with E-state index < -0.39 is 0 Å². The van der Waals surface area contributed by atoms with E-state index in [1.165, 1.54) is 24.2 Å². The standard InChI is InChI=1S/C15H22N2O/c1-11-10-16-12-6-2-3-7-13(12)17(11)14-8-4-5-9-15(14)18/h2-3,6-7,11,14-16,18H,4-5,8-10H2,1H3. The number of hydrogen-bond acceptors (Lipinski definition) is 3. The van der Waals surface area contributed by atoms with E-state index in [0.717, 1.165) is 19.4 Å². The summed E-state index contributed by atoms with van der Waals surface area (Å²) in [6.45, 7) is 3.20. The average Bonchev–Trinajstić information content (AvgIpc) is 2.40. The molecule has 1 aromatic rings. The largest absolute Gasteiger partial charge is 0.391 e. The number of aliphatic hydroxyl groups excluding tert-OH is 1. The number of anilines is 2. The number of rotatable bonds is 1. The number of benzene rings is 1. The molecule has 0 bridgehead atoms. The van der Waals surface area contributed by atoms with E-state index >= 15 is 0 Å². The minimum atomic E-state index is -0.174. The minimum Gasteiger partial charge on any atom is -0.391 e. The Labute approximate surface area is 109 Å². The SMILES string of the molecule is CC1CNc2ccccc2N1C1CCCCC1O. The molecule has 0 saturated heterocycles. The lowest BCUT2D eigenvalue weighted by atomic mass is 9.89. The van der Waals surface area contributed by atoms with Crippen LogP contribution >= 0.6 is 0 Å². The van der Waals surface area contributed by atoms with Crippen LogP contribution in [0.25, 0.3) is 0 Å². The molecule has 0 aromatic heterocycles. The second-order valence-electron chi connectivity index (χ2n) is 5.57. The highest BCUT2D eigenvalue weighted by atomic mass is 16.3. The van der Waals surface area contributed by atoms with Gasteiger partial charge in [0.05, 0.1) is 23.5 Å². The van der Waals surface area contributed by atoms with Crippen molar-refractivity contribution in [3.63, 3.8) is 0 Å². The van der Waals surface area contributed by atoms with Gasteiger partial charge in [0, 0.05) is 12.6 Å². The van der Waals surface area contributed by atoms with Gasteiger partial charge in [0.15, 0.2) is 0 Å². The maximum absolute atomic E-state index is 10.3. The van der Waals surface area contributed by atoms with Gasteiger partial charge in [-0.05, 0) is 31.9 Å². The minimum absolute atomic E-state index is 0.174. The molecule has 2 aliphatic rings. The van der Waals surface area contributed by atoms with E-state index in [0.29, 0.717) is 6.04 Å². The number of nitrogens with one attached hydrogen (secondary N) is 1. The molecule has 1 fully saturated rings. The Balaban J connectivity index is 1.94. The Bertz CT molecular complexity index is 421. The molecule has 1 heterocycles. The Hall–Kier alpha value is -1.22. The van der Waals surface area contributed by atoms with E-state index in [1.807, 2.05) is 0 Å². The summed E-state index contributed by atoms with van der Waals surface area (Å²) in [4.78, 5) is 2.44. The molecular formula is C15H22N2O. The van der Waals surface area contributed by atoms with Crippen LogP contribution in [0.4, 0.5) is 11.4 Å². The van der Waals surface area contributed by atoms with Crippen molar-refractivity contribution in [2.45, 2.75) is 50.8 Å². The molecule has 1 aliphatic heterocycles. The van der Waals surface area contributed by atoms with Crippen molar-refractivity contribution in [1.29, 1.82) is 0 Å². The monoisotopic (exact) mass is 246 g/mol. The molecule has 3 nitrogen and oxygen atoms in total. The van der Waals surface area contributed by atoms with Gasteiger partial charge in [0.25, 0.3) is 0 Å². The van der Waals surface area contributed by atoms with E-state index in [9.17, 15) is 5.11 Å². The molecule has 3 atom stereocenters. The van der Waals surface area contributed by atoms with Gasteiger partial charge in [-0.3, -0.25) is 0 Å². The summed E-state index contributed by atoms with van der Waals surface area (Å²) in [6.07, 6.45) is 4.29. The van der Waals surface area contributed by atoms with Crippen LogP contribution in [-0.2, 0) is 0 Å². The lowest BCUT2D eigenvalue weighted by Crippen LogP contribution is -2.53. The molecule has 2 N–H and O–H groups in total. The van der Waals surface area contributed by atoms with E-state index in [1.54, 1.807) is 0 Å². The summed E-state index contributed by atoms with van der Waals surface area (Å²) in [7, 11) is 0. The maximum atomic E-state index is 10.3. The number of para-hydroxylation sites is 2. The predicted molar refractivity (Wildman–Crippen MR) is 75.1 cm³/mol. The van der Waals surface area contributed by atoms with Gasteiger partial charge in [-0.15, -0.1) is 0 Å². The summed E-state index contributed by atoms with van der Waals surface area (Å²) in [5, 5.41) is 13.8. The highest BCUT2D eigenvalue weighted by Crippen LogP contribution is 2.36. The molecule has 1 saturated carbocycles. The first-order valence-corrected chi connectivity index (χ1v) is 7.06. The fraction of sp³-hybridized carbons (Fsp3) is 0.600. The van der Waals surface area contributed by atoms with Crippen LogP contribution in [0.1, 0.15) is 32.6 Å². The van der Waals surface area contributed by atoms with Crippen LogP contribution in [0, 0.1) is 0 Å². The van der Waals surface area contributed by atoms with Gasteiger partial charge < -0.3 is 15.3 Å². The lowest BCUT2D eigenvalue weighted by Gasteiger charge is -2.46. The molecular weight excluding hydrogens is 224 g/mol. The molecule has 98 valence electrons. The average molecular weight is 246 g/mol. The quantitative estimate of drug-likeness (QED) is 0.799. The fourth-order valence-corrected chi connectivity index (χ4v) is 3.36. The second-order valence-corrected chi connectivity index (χ2v) is 5.57. The predicted octanol–water partition coefficient (Wildman–Crippen LogP) is 2.61. The van der Waals surface area contributed by atoms with Gasteiger partial charge in [-0.1, -0.05) is 25.0 Å². The van der Waals surface area contributed by atoms with Crippen molar-refractivity contribution in [2.75, 3.05) is 16.8 Å². The van der Waals surface area contributed by atoms with Gasteiger partial charge in [0.1, 0.15) is 0 Å². The van der Waals surface area contributed by atoms with Crippen LogP contribution < -0.4 is 10.2 Å². The van der Waals surface area contributed by atoms with Crippen molar-refractivity contribution in [3.05, 3.63) is 24.3 Å². The molecule has 0 spiro atoms. The van der Waals surface area contributed by atoms with Gasteiger partial charge >= 0.3 is 0 Å². The third kappa shape index (κ3) is 1.97. The first kappa shape index (κ1) is 11.8. The van der Waals surface area contributed by atoms with Crippen LogP contribution in [0.3, 0.4) is 0 Å². The summed E-state index contributed by atoms with van der Waals surface area (Å²) >= 11 is 0. The molecule has 3 unspecified atom stereocenters. The Kier molecular flexibility index (Phi) is 3.16. The number of aliphatic hydroxyl groups is 1. The van der Waals surface area contributed by atoms with Crippen molar-refractivity contribution in [2.24, 2.45) is 0 Å². The van der Waals surface area contributed by atoms with Gasteiger partial charge in [-0.25, -0.2) is 0 Å². The summed E-state index contributed by atoms with van der Waals surface area (Å²) < 4.78 is 0. The molecule has 3 rings (SSSR count). The molecule has 0 amide bonds. The zero-order valence-electron chi connectivity index (χ0n) is 11.0. The maximum Gasteiger partial charge on any atom is 0.0743 e. The highest BCUT2D eigenvalue weighted by Gasteiger charge is 2.34. The lowest BCUT2D eigenvalue weighted by molar-refractivity contribution is 0.101. The summed E-state index contributed by atoms with van der Waals surface area (Å²) in [5.41, 5.74) is 2.45. The highest BCUT2D eigenvalue weighted by molar-refractivity contribution is 5.73. The summed E-state index contributed by atoms with van der Waals surface area (Å²) in [5.74, 6) is 0.